The Kier molecular flexibility index (Phi) is 7.89. The highest BCUT2D eigenvalue weighted by Crippen LogP contribution is 2.31. The van der Waals surface area contributed by atoms with Crippen LogP contribution >= 0.6 is 23.1 Å². The third-order valence-electron chi connectivity index (χ3n) is 5.95. The number of carbonyl (C=O) groups is 2. The fraction of sp³-hybridized carbons (Fsp3) is 0.417. The molecular weight excluding hydrogens is 474 g/mol. The SMILES string of the molecule is CCOc1ccc(NC(=O)CSc2nc3ccsc3c(=O)n2CC2CCC(C(=O)O)CC2)cc1. The molecule has 2 aromatic heterocycles. The van der Waals surface area contributed by atoms with Crippen molar-refractivity contribution in [2.45, 2.75) is 44.3 Å². The van der Waals surface area contributed by atoms with Gasteiger partial charge in [-0.25, -0.2) is 4.98 Å². The molecule has 0 radical (unpaired) electrons. The quantitative estimate of drug-likeness (QED) is 0.329. The number of hydrogen-bond donors (Lipinski definition) is 2. The first-order valence-electron chi connectivity index (χ1n) is 11.3. The average molecular weight is 502 g/mol. The molecule has 8 nitrogen and oxygen atoms in total. The molecule has 0 saturated heterocycles. The van der Waals surface area contributed by atoms with Crippen molar-refractivity contribution >= 4 is 50.9 Å². The first kappa shape index (κ1) is 24.3. The van der Waals surface area contributed by atoms with Crippen LogP contribution in [-0.4, -0.2) is 38.9 Å². The summed E-state index contributed by atoms with van der Waals surface area (Å²) in [5.41, 5.74) is 1.20. The van der Waals surface area contributed by atoms with Crippen LogP contribution in [0.3, 0.4) is 0 Å². The second-order valence-corrected chi connectivity index (χ2v) is 10.2. The molecule has 1 aliphatic rings. The van der Waals surface area contributed by atoms with Gasteiger partial charge in [0.25, 0.3) is 5.56 Å². The highest BCUT2D eigenvalue weighted by Gasteiger charge is 2.27. The maximum atomic E-state index is 13.2. The van der Waals surface area contributed by atoms with E-state index in [0.717, 1.165) is 18.6 Å². The Morgan fingerprint density at radius 2 is 1.94 bits per heavy atom. The smallest absolute Gasteiger partial charge is 0.306 e. The Morgan fingerprint density at radius 1 is 1.21 bits per heavy atom. The van der Waals surface area contributed by atoms with E-state index in [0.29, 0.717) is 47.1 Å². The van der Waals surface area contributed by atoms with Crippen molar-refractivity contribution in [3.05, 3.63) is 46.1 Å². The highest BCUT2D eigenvalue weighted by molar-refractivity contribution is 7.99. The van der Waals surface area contributed by atoms with Gasteiger partial charge < -0.3 is 15.2 Å². The summed E-state index contributed by atoms with van der Waals surface area (Å²) < 4.78 is 7.68. The van der Waals surface area contributed by atoms with E-state index < -0.39 is 5.97 Å². The van der Waals surface area contributed by atoms with Gasteiger partial charge in [0.05, 0.1) is 23.8 Å². The molecule has 0 bridgehead atoms. The number of thiophene rings is 1. The van der Waals surface area contributed by atoms with Crippen LogP contribution in [0.25, 0.3) is 10.2 Å². The molecule has 4 rings (SSSR count). The molecule has 1 aromatic carbocycles. The lowest BCUT2D eigenvalue weighted by Gasteiger charge is -2.27. The zero-order valence-corrected chi connectivity index (χ0v) is 20.5. The maximum absolute atomic E-state index is 13.2. The Balaban J connectivity index is 1.45. The minimum Gasteiger partial charge on any atom is -0.494 e. The number of amides is 1. The lowest BCUT2D eigenvalue weighted by Crippen LogP contribution is -2.30. The maximum Gasteiger partial charge on any atom is 0.306 e. The number of thioether (sulfide) groups is 1. The van der Waals surface area contributed by atoms with E-state index >= 15 is 0 Å². The Bertz CT molecular complexity index is 1210. The van der Waals surface area contributed by atoms with E-state index in [1.807, 2.05) is 18.4 Å². The fourth-order valence-electron chi connectivity index (χ4n) is 4.17. The molecule has 0 aliphatic heterocycles. The zero-order chi connectivity index (χ0) is 24.1. The number of aliphatic carboxylic acids is 1. The zero-order valence-electron chi connectivity index (χ0n) is 18.9. The molecule has 0 atom stereocenters. The van der Waals surface area contributed by atoms with Gasteiger partial charge in [-0.15, -0.1) is 11.3 Å². The van der Waals surface area contributed by atoms with Crippen molar-refractivity contribution in [3.8, 4) is 5.75 Å². The number of nitrogens with zero attached hydrogens (tertiary/aromatic N) is 2. The van der Waals surface area contributed by atoms with Crippen LogP contribution in [0.4, 0.5) is 5.69 Å². The van der Waals surface area contributed by atoms with Gasteiger partial charge in [0, 0.05) is 12.2 Å². The van der Waals surface area contributed by atoms with Crippen LogP contribution in [0, 0.1) is 11.8 Å². The average Bonchev–Trinajstić information content (AvgIpc) is 3.30. The summed E-state index contributed by atoms with van der Waals surface area (Å²) in [7, 11) is 0. The minimum atomic E-state index is -0.743. The van der Waals surface area contributed by atoms with Gasteiger partial charge in [0.2, 0.25) is 5.91 Å². The van der Waals surface area contributed by atoms with Crippen molar-refractivity contribution in [1.82, 2.24) is 9.55 Å². The van der Waals surface area contributed by atoms with Crippen LogP contribution in [-0.2, 0) is 16.1 Å². The Hall–Kier alpha value is -2.85. The van der Waals surface area contributed by atoms with Gasteiger partial charge in [0.1, 0.15) is 10.4 Å². The number of benzene rings is 1. The number of carbonyl (C=O) groups excluding carboxylic acids is 1. The predicted octanol–water partition coefficient (Wildman–Crippen LogP) is 4.48. The first-order valence-corrected chi connectivity index (χ1v) is 13.2. The van der Waals surface area contributed by atoms with Crippen molar-refractivity contribution < 1.29 is 19.4 Å². The summed E-state index contributed by atoms with van der Waals surface area (Å²) in [6.45, 7) is 2.97. The number of carboxylic acids is 1. The van der Waals surface area contributed by atoms with Crippen molar-refractivity contribution in [3.63, 3.8) is 0 Å². The molecule has 0 unspecified atom stereocenters. The van der Waals surface area contributed by atoms with E-state index in [9.17, 15) is 19.5 Å². The number of carboxylic acid groups (broad SMARTS) is 1. The molecule has 2 N–H and O–H groups in total. The lowest BCUT2D eigenvalue weighted by molar-refractivity contribution is -0.143. The van der Waals surface area contributed by atoms with Gasteiger partial charge in [-0.1, -0.05) is 11.8 Å². The van der Waals surface area contributed by atoms with Gasteiger partial charge in [-0.05, 0) is 74.2 Å². The van der Waals surface area contributed by atoms with Crippen molar-refractivity contribution in [2.24, 2.45) is 11.8 Å². The number of fused-ring (bicyclic) bond motifs is 1. The van der Waals surface area contributed by atoms with E-state index in [1.165, 1.54) is 23.1 Å². The number of anilines is 1. The van der Waals surface area contributed by atoms with Crippen molar-refractivity contribution in [1.29, 1.82) is 0 Å². The molecule has 1 aliphatic carbocycles. The molecule has 1 fully saturated rings. The van der Waals surface area contributed by atoms with E-state index in [-0.39, 0.29) is 29.1 Å². The molecule has 10 heteroatoms. The lowest BCUT2D eigenvalue weighted by atomic mass is 9.82. The summed E-state index contributed by atoms with van der Waals surface area (Å²) >= 11 is 2.60. The van der Waals surface area contributed by atoms with Crippen LogP contribution < -0.4 is 15.6 Å². The molecule has 1 saturated carbocycles. The molecule has 1 amide bonds. The van der Waals surface area contributed by atoms with E-state index in [4.69, 9.17) is 4.74 Å². The fourth-order valence-corrected chi connectivity index (χ4v) is 5.76. The topological polar surface area (TPSA) is 111 Å². The monoisotopic (exact) mass is 501 g/mol. The highest BCUT2D eigenvalue weighted by atomic mass is 32.2. The standard InChI is InChI=1S/C24H27N3O5S2/c1-2-32-18-9-7-17(8-10-18)25-20(28)14-34-24-26-19-11-12-33-21(19)22(29)27(24)13-15-3-5-16(6-4-15)23(30)31/h7-12,15-16H,2-6,13-14H2,1H3,(H,25,28)(H,30,31). The second-order valence-electron chi connectivity index (χ2n) is 8.30. The van der Waals surface area contributed by atoms with E-state index in [1.54, 1.807) is 28.8 Å². The Morgan fingerprint density at radius 3 is 2.62 bits per heavy atom. The minimum absolute atomic E-state index is 0.102. The van der Waals surface area contributed by atoms with Crippen molar-refractivity contribution in [2.75, 3.05) is 17.7 Å². The summed E-state index contributed by atoms with van der Waals surface area (Å²) in [5, 5.41) is 14.5. The third kappa shape index (κ3) is 5.79. The summed E-state index contributed by atoms with van der Waals surface area (Å²) in [4.78, 5) is 41.7. The second kappa shape index (κ2) is 11.1. The molecule has 34 heavy (non-hydrogen) atoms. The van der Waals surface area contributed by atoms with Crippen LogP contribution in [0.15, 0.2) is 45.7 Å². The predicted molar refractivity (Wildman–Crippen MR) is 134 cm³/mol. The first-order chi connectivity index (χ1) is 16.4. The van der Waals surface area contributed by atoms with Crippen LogP contribution in [0.1, 0.15) is 32.6 Å². The molecule has 180 valence electrons. The molecule has 3 aromatic rings. The summed E-state index contributed by atoms with van der Waals surface area (Å²) in [6, 6.07) is 8.98. The summed E-state index contributed by atoms with van der Waals surface area (Å²) in [5.74, 6) is -0.171. The van der Waals surface area contributed by atoms with Gasteiger partial charge in [-0.3, -0.25) is 19.0 Å². The van der Waals surface area contributed by atoms with Gasteiger partial charge in [0.15, 0.2) is 5.16 Å². The van der Waals surface area contributed by atoms with Gasteiger partial charge >= 0.3 is 5.97 Å². The number of aromatic nitrogens is 2. The van der Waals surface area contributed by atoms with E-state index in [2.05, 4.69) is 10.3 Å². The van der Waals surface area contributed by atoms with Gasteiger partial charge in [-0.2, -0.15) is 0 Å². The normalized spacial score (nSPS) is 18.0. The molecule has 0 spiro atoms. The molecule has 2 heterocycles. The molecular formula is C24H27N3O5S2. The number of rotatable bonds is 9. The Labute approximate surface area is 205 Å². The number of nitrogens with one attached hydrogen (secondary N) is 1. The number of ether oxygens (including phenoxy) is 1. The van der Waals surface area contributed by atoms with Crippen LogP contribution in [0.5, 0.6) is 5.75 Å². The number of hydrogen-bond acceptors (Lipinski definition) is 7. The van der Waals surface area contributed by atoms with Crippen LogP contribution in [0.2, 0.25) is 0 Å². The summed E-state index contributed by atoms with van der Waals surface area (Å²) in [6.07, 6.45) is 2.76. The third-order valence-corrected chi connectivity index (χ3v) is 7.82. The largest absolute Gasteiger partial charge is 0.494 e.